The van der Waals surface area contributed by atoms with Crippen LogP contribution in [0, 0.1) is 12.7 Å². The first-order valence-electron chi connectivity index (χ1n) is 11.3. The smallest absolute Gasteiger partial charge is 0.433 e. The number of benzene rings is 2. The van der Waals surface area contributed by atoms with E-state index in [1.165, 1.54) is 18.2 Å². The lowest BCUT2D eigenvalue weighted by atomic mass is 9.98. The predicted molar refractivity (Wildman–Crippen MR) is 132 cm³/mol. The van der Waals surface area contributed by atoms with Crippen LogP contribution in [-0.4, -0.2) is 21.2 Å². The number of alkyl halides is 3. The first-order valence-corrected chi connectivity index (χ1v) is 12.6. The number of hydrogen-bond donors (Lipinski definition) is 2. The summed E-state index contributed by atoms with van der Waals surface area (Å²) in [5, 5.41) is 2.73. The predicted octanol–water partition coefficient (Wildman–Crippen LogP) is 5.41. The highest BCUT2D eigenvalue weighted by molar-refractivity contribution is 7.89. The van der Waals surface area contributed by atoms with Gasteiger partial charge in [-0.2, -0.15) is 13.2 Å². The molecule has 0 spiro atoms. The molecular formula is C26H27F4N3O2S. The van der Waals surface area contributed by atoms with Crippen molar-refractivity contribution in [3.8, 4) is 11.3 Å². The maximum atomic E-state index is 14.5. The van der Waals surface area contributed by atoms with E-state index in [2.05, 4.69) is 15.0 Å². The number of aromatic nitrogens is 1. The molecule has 3 aromatic rings. The van der Waals surface area contributed by atoms with Gasteiger partial charge >= 0.3 is 6.18 Å². The second-order valence-corrected chi connectivity index (χ2v) is 9.87. The van der Waals surface area contributed by atoms with Crippen molar-refractivity contribution in [3.63, 3.8) is 0 Å². The van der Waals surface area contributed by atoms with Gasteiger partial charge in [0.25, 0.3) is 0 Å². The molecule has 0 aliphatic rings. The largest absolute Gasteiger partial charge is 0.598 e. The highest BCUT2D eigenvalue weighted by atomic mass is 32.2. The summed E-state index contributed by atoms with van der Waals surface area (Å²) < 4.78 is 68.6. The minimum atomic E-state index is -4.60. The van der Waals surface area contributed by atoms with Gasteiger partial charge in [-0.3, -0.25) is 4.79 Å². The molecule has 192 valence electrons. The van der Waals surface area contributed by atoms with Crippen LogP contribution in [0.1, 0.15) is 47.7 Å². The second kappa shape index (κ2) is 11.9. The number of rotatable bonds is 9. The lowest BCUT2D eigenvalue weighted by Crippen LogP contribution is -2.28. The second-order valence-electron chi connectivity index (χ2n) is 8.32. The summed E-state index contributed by atoms with van der Waals surface area (Å²) in [6.07, 6.45) is -4.60. The number of nitrogens with zero attached hydrogens (tertiary/aromatic N) is 1. The first kappa shape index (κ1) is 27.6. The number of carbonyl (C=O) groups is 1. The van der Waals surface area contributed by atoms with E-state index in [-0.39, 0.29) is 18.8 Å². The Labute approximate surface area is 210 Å². The Bertz CT molecular complexity index is 1220. The summed E-state index contributed by atoms with van der Waals surface area (Å²) in [6.45, 7) is 5.22. The molecule has 1 aromatic heterocycles. The molecule has 0 saturated carbocycles. The number of pyridine rings is 1. The monoisotopic (exact) mass is 521 g/mol. The third-order valence-corrected chi connectivity index (χ3v) is 6.66. The molecule has 0 saturated heterocycles. The van der Waals surface area contributed by atoms with E-state index < -0.39 is 40.9 Å². The number of aryl methyl sites for hydroxylation is 1. The Morgan fingerprint density at radius 2 is 1.81 bits per heavy atom. The van der Waals surface area contributed by atoms with Crippen molar-refractivity contribution in [2.24, 2.45) is 0 Å². The molecule has 2 aromatic carbocycles. The maximum Gasteiger partial charge on any atom is 0.433 e. The summed E-state index contributed by atoms with van der Waals surface area (Å²) in [4.78, 5) is 16.6. The molecule has 1 amide bonds. The van der Waals surface area contributed by atoms with Crippen LogP contribution in [-0.2, 0) is 35.4 Å². The fraction of sp³-hybridized carbons (Fsp3) is 0.308. The summed E-state index contributed by atoms with van der Waals surface area (Å²) >= 11 is -1.25. The Morgan fingerprint density at radius 3 is 2.44 bits per heavy atom. The molecule has 36 heavy (non-hydrogen) atoms. The summed E-state index contributed by atoms with van der Waals surface area (Å²) in [5.41, 5.74) is 1.67. The zero-order valence-corrected chi connectivity index (χ0v) is 20.9. The Kier molecular flexibility index (Phi) is 9.10. The maximum absolute atomic E-state index is 14.5. The molecule has 10 heteroatoms. The van der Waals surface area contributed by atoms with Crippen molar-refractivity contribution >= 4 is 17.3 Å². The fourth-order valence-electron chi connectivity index (χ4n) is 3.55. The van der Waals surface area contributed by atoms with Crippen LogP contribution in [0.4, 0.5) is 17.6 Å². The van der Waals surface area contributed by atoms with E-state index in [1.54, 1.807) is 38.1 Å². The zero-order chi connectivity index (χ0) is 26.5. The van der Waals surface area contributed by atoms with Crippen LogP contribution in [0.5, 0.6) is 0 Å². The van der Waals surface area contributed by atoms with E-state index in [4.69, 9.17) is 0 Å². The van der Waals surface area contributed by atoms with Gasteiger partial charge in [0, 0.05) is 29.0 Å². The van der Waals surface area contributed by atoms with Gasteiger partial charge in [-0.25, -0.2) is 9.37 Å². The molecule has 0 aliphatic heterocycles. The van der Waals surface area contributed by atoms with Crippen LogP contribution in [0.15, 0.2) is 54.6 Å². The van der Waals surface area contributed by atoms with Gasteiger partial charge in [0.1, 0.15) is 17.3 Å². The van der Waals surface area contributed by atoms with Gasteiger partial charge < -0.3 is 9.87 Å². The molecule has 2 unspecified atom stereocenters. The Balaban J connectivity index is 1.76. The van der Waals surface area contributed by atoms with E-state index in [9.17, 15) is 26.9 Å². The van der Waals surface area contributed by atoms with Crippen LogP contribution in [0.3, 0.4) is 0 Å². The van der Waals surface area contributed by atoms with Gasteiger partial charge in [-0.1, -0.05) is 42.0 Å². The normalized spacial score (nSPS) is 13.3. The highest BCUT2D eigenvalue weighted by Gasteiger charge is 2.33. The summed E-state index contributed by atoms with van der Waals surface area (Å²) in [7, 11) is 0. The molecule has 0 bridgehead atoms. The highest BCUT2D eigenvalue weighted by Crippen LogP contribution is 2.31. The number of nitrogens with one attached hydrogen (secondary N) is 2. The molecule has 5 nitrogen and oxygen atoms in total. The zero-order valence-electron chi connectivity index (χ0n) is 20.1. The molecule has 3 rings (SSSR count). The number of amides is 1. The van der Waals surface area contributed by atoms with Gasteiger partial charge in [-0.05, 0) is 50.1 Å². The summed E-state index contributed by atoms with van der Waals surface area (Å²) in [6, 6.07) is 13.5. The number of hydrogen-bond acceptors (Lipinski definition) is 4. The topological polar surface area (TPSA) is 77.1 Å². The van der Waals surface area contributed by atoms with Crippen molar-refractivity contribution in [2.45, 2.75) is 46.0 Å². The van der Waals surface area contributed by atoms with E-state index in [0.29, 0.717) is 28.0 Å². The molecule has 0 aliphatic carbocycles. The lowest BCUT2D eigenvalue weighted by Gasteiger charge is -2.17. The van der Waals surface area contributed by atoms with Crippen LogP contribution in [0.25, 0.3) is 11.3 Å². The van der Waals surface area contributed by atoms with Gasteiger partial charge in [-0.15, -0.1) is 4.72 Å². The molecule has 0 fully saturated rings. The van der Waals surface area contributed by atoms with Crippen molar-refractivity contribution in [1.29, 1.82) is 0 Å². The molecule has 2 N–H and O–H groups in total. The average Bonchev–Trinajstić information content (AvgIpc) is 2.85. The lowest BCUT2D eigenvalue weighted by molar-refractivity contribution is -0.141. The van der Waals surface area contributed by atoms with E-state index >= 15 is 0 Å². The van der Waals surface area contributed by atoms with Crippen molar-refractivity contribution in [2.75, 3.05) is 5.75 Å². The Morgan fingerprint density at radius 1 is 1.08 bits per heavy atom. The molecule has 2 atom stereocenters. The molecular weight excluding hydrogens is 494 g/mol. The minimum absolute atomic E-state index is 0.0507. The van der Waals surface area contributed by atoms with E-state index in [0.717, 1.165) is 11.6 Å². The third kappa shape index (κ3) is 7.05. The quantitative estimate of drug-likeness (QED) is 0.292. The van der Waals surface area contributed by atoms with E-state index in [1.807, 2.05) is 13.0 Å². The van der Waals surface area contributed by atoms with Crippen molar-refractivity contribution < 1.29 is 26.9 Å². The number of carbonyl (C=O) groups excluding carboxylic acids is 1. The van der Waals surface area contributed by atoms with Crippen molar-refractivity contribution in [1.82, 2.24) is 15.0 Å². The SMILES string of the molecule is CC[S+]([O-])NCc1ccc(C(C)C(=O)NCc2ccc(C(F)(F)F)nc2-c2cccc(C)c2)cc1F. The standard InChI is InChI=1S/C26H27F4N3O2S/c1-4-36(35)32-15-20-9-8-18(13-22(20)27)17(3)25(34)31-14-21-10-11-23(26(28,29)30)33-24(21)19-7-5-6-16(2)12-19/h5-13,17,32H,4,14-15H2,1-3H3,(H,31,34). The summed E-state index contributed by atoms with van der Waals surface area (Å²) in [5.74, 6) is -1.25. The average molecular weight is 522 g/mol. The first-order chi connectivity index (χ1) is 17.0. The van der Waals surface area contributed by atoms with Gasteiger partial charge in [0.15, 0.2) is 0 Å². The molecule has 0 radical (unpaired) electrons. The molecule has 1 heterocycles. The fourth-order valence-corrected chi connectivity index (χ4v) is 4.07. The van der Waals surface area contributed by atoms with Crippen LogP contribution >= 0.6 is 0 Å². The van der Waals surface area contributed by atoms with Gasteiger partial charge in [0.2, 0.25) is 5.91 Å². The number of halogens is 4. The van der Waals surface area contributed by atoms with Crippen LogP contribution < -0.4 is 10.0 Å². The third-order valence-electron chi connectivity index (χ3n) is 5.67. The van der Waals surface area contributed by atoms with Crippen molar-refractivity contribution in [3.05, 3.63) is 88.4 Å². The minimum Gasteiger partial charge on any atom is -0.598 e. The Hall–Kier alpha value is -2.95. The van der Waals surface area contributed by atoms with Crippen LogP contribution in [0.2, 0.25) is 0 Å². The van der Waals surface area contributed by atoms with Gasteiger partial charge in [0.05, 0.1) is 18.2 Å².